The van der Waals surface area contributed by atoms with Gasteiger partial charge in [-0.2, -0.15) is 10.4 Å². The fraction of sp³-hybridized carbons (Fsp3) is 0.312. The number of nitrogens with one attached hydrogen (secondary N) is 2. The lowest BCUT2D eigenvalue weighted by Crippen LogP contribution is -2.13. The number of amides is 1. The maximum atomic E-state index is 12.1. The van der Waals surface area contributed by atoms with Crippen LogP contribution >= 0.6 is 0 Å². The number of rotatable bonds is 3. The smallest absolute Gasteiger partial charge is 0.256 e. The van der Waals surface area contributed by atoms with E-state index in [1.165, 1.54) is 37.4 Å². The van der Waals surface area contributed by atoms with Crippen molar-refractivity contribution in [3.8, 4) is 6.07 Å². The summed E-state index contributed by atoms with van der Waals surface area (Å²) in [4.78, 5) is 12.1. The van der Waals surface area contributed by atoms with Crippen LogP contribution in [-0.4, -0.2) is 16.1 Å². The van der Waals surface area contributed by atoms with Gasteiger partial charge in [0.1, 0.15) is 17.5 Å². The summed E-state index contributed by atoms with van der Waals surface area (Å²) in [5, 5.41) is 17.9. The van der Waals surface area contributed by atoms with E-state index in [1.54, 1.807) is 0 Å². The molecule has 2 aromatic rings. The summed E-state index contributed by atoms with van der Waals surface area (Å²) < 4.78 is 0. The van der Waals surface area contributed by atoms with E-state index in [0.29, 0.717) is 22.9 Å². The Morgan fingerprint density at radius 3 is 2.67 bits per heavy atom. The highest BCUT2D eigenvalue weighted by Gasteiger charge is 2.17. The number of anilines is 1. The van der Waals surface area contributed by atoms with Crippen molar-refractivity contribution in [2.75, 3.05) is 5.32 Å². The molecule has 106 valence electrons. The van der Waals surface area contributed by atoms with Crippen molar-refractivity contribution in [2.24, 2.45) is 0 Å². The molecule has 1 aliphatic rings. The maximum Gasteiger partial charge on any atom is 0.256 e. The Hall–Kier alpha value is -2.61. The van der Waals surface area contributed by atoms with E-state index in [-0.39, 0.29) is 5.91 Å². The van der Waals surface area contributed by atoms with Gasteiger partial charge in [-0.3, -0.25) is 9.89 Å². The molecular formula is C16H16N4O. The number of nitrogens with zero attached hydrogens (tertiary/aromatic N) is 2. The minimum Gasteiger partial charge on any atom is -0.306 e. The van der Waals surface area contributed by atoms with Crippen LogP contribution in [0, 0.1) is 11.3 Å². The standard InChI is InChI=1S/C16H16N4O/c17-9-14-10-18-20-15(14)19-16(21)13-7-5-12(6-8-13)11-3-1-2-4-11/h5-8,10-11H,1-4H2,(H2,18,19,20,21). The Kier molecular flexibility index (Phi) is 3.69. The van der Waals surface area contributed by atoms with Crippen molar-refractivity contribution >= 4 is 11.7 Å². The second kappa shape index (κ2) is 5.80. The van der Waals surface area contributed by atoms with Gasteiger partial charge in [-0.15, -0.1) is 0 Å². The summed E-state index contributed by atoms with van der Waals surface area (Å²) in [5.74, 6) is 0.732. The lowest BCUT2D eigenvalue weighted by atomic mass is 9.96. The van der Waals surface area contributed by atoms with Gasteiger partial charge in [-0.05, 0) is 36.5 Å². The van der Waals surface area contributed by atoms with E-state index in [2.05, 4.69) is 15.5 Å². The molecule has 0 bridgehead atoms. The van der Waals surface area contributed by atoms with Gasteiger partial charge in [0.2, 0.25) is 0 Å². The summed E-state index contributed by atoms with van der Waals surface area (Å²) in [6.07, 6.45) is 6.46. The normalized spacial score (nSPS) is 14.8. The molecule has 1 aromatic heterocycles. The molecule has 0 atom stereocenters. The molecule has 2 N–H and O–H groups in total. The molecular weight excluding hydrogens is 264 g/mol. The number of carbonyl (C=O) groups is 1. The second-order valence-electron chi connectivity index (χ2n) is 5.33. The lowest BCUT2D eigenvalue weighted by Gasteiger charge is -2.10. The summed E-state index contributed by atoms with van der Waals surface area (Å²) in [7, 11) is 0. The van der Waals surface area contributed by atoms with E-state index in [1.807, 2.05) is 30.3 Å². The molecule has 5 nitrogen and oxygen atoms in total. The fourth-order valence-corrected chi connectivity index (χ4v) is 2.82. The summed E-state index contributed by atoms with van der Waals surface area (Å²) in [5.41, 5.74) is 2.21. The Balaban J connectivity index is 1.71. The molecule has 5 heteroatoms. The highest BCUT2D eigenvalue weighted by Crippen LogP contribution is 2.33. The van der Waals surface area contributed by atoms with Gasteiger partial charge in [-0.25, -0.2) is 0 Å². The third-order valence-electron chi connectivity index (χ3n) is 4.00. The zero-order valence-electron chi connectivity index (χ0n) is 11.6. The van der Waals surface area contributed by atoms with Gasteiger partial charge >= 0.3 is 0 Å². The van der Waals surface area contributed by atoms with Crippen LogP contribution in [0.2, 0.25) is 0 Å². The lowest BCUT2D eigenvalue weighted by molar-refractivity contribution is 0.102. The predicted molar refractivity (Wildman–Crippen MR) is 78.9 cm³/mol. The molecule has 1 aromatic carbocycles. The summed E-state index contributed by atoms with van der Waals surface area (Å²) >= 11 is 0. The number of carbonyl (C=O) groups excluding carboxylic acids is 1. The molecule has 1 aliphatic carbocycles. The second-order valence-corrected chi connectivity index (χ2v) is 5.33. The van der Waals surface area contributed by atoms with Crippen LogP contribution in [0.5, 0.6) is 0 Å². The van der Waals surface area contributed by atoms with Crippen LogP contribution in [-0.2, 0) is 0 Å². The molecule has 1 heterocycles. The van der Waals surface area contributed by atoms with E-state index in [9.17, 15) is 4.79 Å². The van der Waals surface area contributed by atoms with Crippen molar-refractivity contribution in [1.82, 2.24) is 10.2 Å². The largest absolute Gasteiger partial charge is 0.306 e. The SMILES string of the molecule is N#Cc1cn[nH]c1NC(=O)c1ccc(C2CCCC2)cc1. The highest BCUT2D eigenvalue weighted by atomic mass is 16.1. The summed E-state index contributed by atoms with van der Waals surface area (Å²) in [6, 6.07) is 9.71. The van der Waals surface area contributed by atoms with Gasteiger partial charge in [0.25, 0.3) is 5.91 Å². The fourth-order valence-electron chi connectivity index (χ4n) is 2.82. The van der Waals surface area contributed by atoms with Crippen LogP contribution < -0.4 is 5.32 Å². The first-order valence-electron chi connectivity index (χ1n) is 7.12. The molecule has 1 amide bonds. The quantitative estimate of drug-likeness (QED) is 0.905. The van der Waals surface area contributed by atoms with Crippen LogP contribution in [0.25, 0.3) is 0 Å². The molecule has 0 saturated heterocycles. The minimum absolute atomic E-state index is 0.242. The van der Waals surface area contributed by atoms with Gasteiger partial charge in [0.05, 0.1) is 6.20 Å². The highest BCUT2D eigenvalue weighted by molar-refractivity contribution is 6.04. The topological polar surface area (TPSA) is 81.6 Å². The molecule has 1 saturated carbocycles. The number of hydrogen-bond donors (Lipinski definition) is 2. The molecule has 0 radical (unpaired) electrons. The minimum atomic E-state index is -0.242. The number of nitriles is 1. The number of aromatic nitrogens is 2. The maximum absolute atomic E-state index is 12.1. The van der Waals surface area contributed by atoms with Crippen molar-refractivity contribution in [2.45, 2.75) is 31.6 Å². The van der Waals surface area contributed by atoms with Crippen LogP contribution in [0.4, 0.5) is 5.82 Å². The monoisotopic (exact) mass is 280 g/mol. The van der Waals surface area contributed by atoms with Gasteiger partial charge in [0, 0.05) is 5.56 Å². The third kappa shape index (κ3) is 2.79. The van der Waals surface area contributed by atoms with Crippen LogP contribution in [0.15, 0.2) is 30.5 Å². The molecule has 0 unspecified atom stereocenters. The van der Waals surface area contributed by atoms with Gasteiger partial charge < -0.3 is 5.32 Å². The van der Waals surface area contributed by atoms with E-state index >= 15 is 0 Å². The average Bonchev–Trinajstić information content (AvgIpc) is 3.18. The number of H-pyrrole nitrogens is 1. The van der Waals surface area contributed by atoms with Crippen molar-refractivity contribution in [3.05, 3.63) is 47.2 Å². The van der Waals surface area contributed by atoms with Crippen molar-refractivity contribution in [3.63, 3.8) is 0 Å². The van der Waals surface area contributed by atoms with E-state index in [0.717, 1.165) is 0 Å². The molecule has 1 fully saturated rings. The van der Waals surface area contributed by atoms with Gasteiger partial charge in [-0.1, -0.05) is 25.0 Å². The van der Waals surface area contributed by atoms with Crippen LogP contribution in [0.3, 0.4) is 0 Å². The Morgan fingerprint density at radius 2 is 2.00 bits per heavy atom. The number of hydrogen-bond acceptors (Lipinski definition) is 3. The van der Waals surface area contributed by atoms with Crippen LogP contribution in [0.1, 0.15) is 53.1 Å². The van der Waals surface area contributed by atoms with Crippen molar-refractivity contribution < 1.29 is 4.79 Å². The predicted octanol–water partition coefficient (Wildman–Crippen LogP) is 3.19. The zero-order chi connectivity index (χ0) is 14.7. The third-order valence-corrected chi connectivity index (χ3v) is 4.00. The van der Waals surface area contributed by atoms with Crippen molar-refractivity contribution in [1.29, 1.82) is 5.26 Å². The van der Waals surface area contributed by atoms with E-state index in [4.69, 9.17) is 5.26 Å². The van der Waals surface area contributed by atoms with E-state index < -0.39 is 0 Å². The first-order valence-corrected chi connectivity index (χ1v) is 7.12. The number of benzene rings is 1. The first-order chi connectivity index (χ1) is 10.3. The Bertz CT molecular complexity index is 675. The summed E-state index contributed by atoms with van der Waals surface area (Å²) in [6.45, 7) is 0. The zero-order valence-corrected chi connectivity index (χ0v) is 11.6. The molecule has 3 rings (SSSR count). The average molecular weight is 280 g/mol. The number of aromatic amines is 1. The Labute approximate surface area is 123 Å². The molecule has 21 heavy (non-hydrogen) atoms. The first kappa shape index (κ1) is 13.4. The Morgan fingerprint density at radius 1 is 1.29 bits per heavy atom. The van der Waals surface area contributed by atoms with Gasteiger partial charge in [0.15, 0.2) is 0 Å². The molecule has 0 spiro atoms. The molecule has 0 aliphatic heterocycles.